The average molecular weight is 532 g/mol. The summed E-state index contributed by atoms with van der Waals surface area (Å²) < 4.78 is 48.6. The van der Waals surface area contributed by atoms with Gasteiger partial charge in [0.05, 0.1) is 6.61 Å². The number of hydrogen-bond acceptors (Lipinski definition) is 9. The first kappa shape index (κ1) is 26.9. The van der Waals surface area contributed by atoms with Crippen molar-refractivity contribution in [2.75, 3.05) is 43.5 Å². The van der Waals surface area contributed by atoms with Crippen molar-refractivity contribution in [2.24, 2.45) is 0 Å². The third-order valence-corrected chi connectivity index (χ3v) is 5.34. The van der Waals surface area contributed by atoms with Gasteiger partial charge >= 0.3 is 12.2 Å². The Hall–Kier alpha value is -4.13. The Balaban J connectivity index is 1.54. The Labute approximate surface area is 217 Å². The van der Waals surface area contributed by atoms with Crippen LogP contribution in [-0.2, 0) is 6.54 Å². The molecule has 6 bridgehead atoms. The molecule has 0 radical (unpaired) electrons. The van der Waals surface area contributed by atoms with Crippen molar-refractivity contribution in [3.05, 3.63) is 59.7 Å². The number of nitrogens with one attached hydrogen (secondary N) is 4. The summed E-state index contributed by atoms with van der Waals surface area (Å²) in [6, 6.07) is 13.5. The number of anilines is 3. The number of hydrogen-bond donors (Lipinski definition) is 4. The van der Waals surface area contributed by atoms with E-state index in [1.807, 2.05) is 24.3 Å². The molecule has 13 heteroatoms. The monoisotopic (exact) mass is 531 g/mol. The fourth-order valence-electron chi connectivity index (χ4n) is 3.45. The van der Waals surface area contributed by atoms with Gasteiger partial charge < -0.3 is 30.7 Å². The Morgan fingerprint density at radius 3 is 2.37 bits per heavy atom. The Kier molecular flexibility index (Phi) is 9.14. The number of halogens is 3. The molecule has 1 amide bonds. The molecule has 0 unspecified atom stereocenters. The molecule has 7 rings (SSSR count). The van der Waals surface area contributed by atoms with Crippen LogP contribution in [0.25, 0.3) is 0 Å². The Bertz CT molecular complexity index is 1190. The maximum Gasteiger partial charge on any atom is 0.422 e. The van der Waals surface area contributed by atoms with Crippen LogP contribution in [0.2, 0.25) is 0 Å². The zero-order valence-electron chi connectivity index (χ0n) is 20.5. The van der Waals surface area contributed by atoms with Crippen molar-refractivity contribution in [1.29, 1.82) is 0 Å². The van der Waals surface area contributed by atoms with Crippen molar-refractivity contribution in [1.82, 2.24) is 25.6 Å². The average Bonchev–Trinajstić information content (AvgIpc) is 2.90. The van der Waals surface area contributed by atoms with E-state index in [2.05, 4.69) is 36.2 Å². The minimum Gasteiger partial charge on any atom is -0.494 e. The maximum atomic E-state index is 12.7. The Morgan fingerprint density at radius 2 is 1.61 bits per heavy atom. The lowest BCUT2D eigenvalue weighted by atomic mass is 10.2. The van der Waals surface area contributed by atoms with E-state index in [1.54, 1.807) is 24.3 Å². The number of amides is 1. The number of rotatable bonds is 2. The highest BCUT2D eigenvalue weighted by Gasteiger charge is 2.29. The van der Waals surface area contributed by atoms with E-state index in [-0.39, 0.29) is 17.8 Å². The highest BCUT2D eigenvalue weighted by Crippen LogP contribution is 2.21. The number of benzene rings is 2. The van der Waals surface area contributed by atoms with Crippen molar-refractivity contribution < 1.29 is 27.4 Å². The number of ether oxygens (including phenoxy) is 2. The van der Waals surface area contributed by atoms with Crippen LogP contribution in [0.15, 0.2) is 48.5 Å². The first-order valence-electron chi connectivity index (χ1n) is 12.1. The van der Waals surface area contributed by atoms with Gasteiger partial charge in [-0.05, 0) is 67.9 Å². The van der Waals surface area contributed by atoms with E-state index >= 15 is 0 Å². The summed E-state index contributed by atoms with van der Waals surface area (Å²) in [4.78, 5) is 24.5. The zero-order chi connectivity index (χ0) is 26.8. The van der Waals surface area contributed by atoms with Crippen LogP contribution in [0, 0.1) is 0 Å². The highest BCUT2D eigenvalue weighted by molar-refractivity contribution is 5.94. The van der Waals surface area contributed by atoms with E-state index in [1.165, 1.54) is 0 Å². The van der Waals surface area contributed by atoms with Crippen molar-refractivity contribution in [2.45, 2.75) is 25.6 Å². The summed E-state index contributed by atoms with van der Waals surface area (Å²) in [5.74, 6) is 0.520. The van der Waals surface area contributed by atoms with Gasteiger partial charge in [0.2, 0.25) is 11.9 Å². The van der Waals surface area contributed by atoms with Gasteiger partial charge in [-0.25, -0.2) is 0 Å². The van der Waals surface area contributed by atoms with E-state index in [9.17, 15) is 18.0 Å². The van der Waals surface area contributed by atoms with Crippen molar-refractivity contribution in [3.63, 3.8) is 0 Å². The number of aromatic nitrogens is 3. The molecule has 0 fully saturated rings. The van der Waals surface area contributed by atoms with Gasteiger partial charge in [-0.15, -0.1) is 0 Å². The van der Waals surface area contributed by atoms with Gasteiger partial charge in [0, 0.05) is 24.3 Å². The number of carbonyl (C=O) groups is 1. The van der Waals surface area contributed by atoms with E-state index in [0.717, 1.165) is 37.2 Å². The number of nitrogens with zero attached hydrogens (tertiary/aromatic N) is 3. The van der Waals surface area contributed by atoms with Crippen LogP contribution in [0.1, 0.15) is 28.8 Å². The lowest BCUT2D eigenvalue weighted by molar-refractivity contribution is -0.154. The maximum absolute atomic E-state index is 12.7. The molecule has 5 heterocycles. The number of alkyl halides is 3. The minimum absolute atomic E-state index is 0.0254. The fraction of sp³-hybridized carbons (Fsp3) is 0.360. The van der Waals surface area contributed by atoms with E-state index in [0.29, 0.717) is 30.9 Å². The molecule has 4 aliphatic heterocycles. The van der Waals surface area contributed by atoms with Crippen LogP contribution in [0.5, 0.6) is 11.8 Å². The standard InChI is InChI=1S/C25H28F3N7O3/c26-25(27,28)16-38-24-34-22-31-15-17-3-9-20(10-4-17)37-14-2-12-29-11-1-13-30-21(36)18-5-7-19(8-6-18)32-23(33-22)35-24/h3-10,29H,1-2,11-16H2,(H,30,36)(H2,31,32,33,34,35). The lowest BCUT2D eigenvalue weighted by Crippen LogP contribution is -2.27. The quantitative estimate of drug-likeness (QED) is 0.392. The molecule has 10 nitrogen and oxygen atoms in total. The molecule has 202 valence electrons. The van der Waals surface area contributed by atoms with Gasteiger partial charge in [-0.3, -0.25) is 4.79 Å². The van der Waals surface area contributed by atoms with Crippen LogP contribution in [0.3, 0.4) is 0 Å². The van der Waals surface area contributed by atoms with Crippen LogP contribution in [0.4, 0.5) is 30.8 Å². The second kappa shape index (κ2) is 12.9. The predicted molar refractivity (Wildman–Crippen MR) is 135 cm³/mol. The SMILES string of the molecule is O=C1NCCCNCCCOc2ccc(cc2)CNc2nc(nc(OCC(F)(F)F)n2)Nc2ccc1cc2. The van der Waals surface area contributed by atoms with E-state index in [4.69, 9.17) is 9.47 Å². The molecule has 38 heavy (non-hydrogen) atoms. The molecule has 0 atom stereocenters. The van der Waals surface area contributed by atoms with Crippen LogP contribution >= 0.6 is 0 Å². The van der Waals surface area contributed by atoms with Crippen LogP contribution in [-0.4, -0.2) is 59.9 Å². The summed E-state index contributed by atoms with van der Waals surface area (Å²) in [5, 5.41) is 12.1. The Morgan fingerprint density at radius 1 is 0.868 bits per heavy atom. The van der Waals surface area contributed by atoms with Gasteiger partial charge in [0.25, 0.3) is 5.91 Å². The molecule has 0 saturated heterocycles. The summed E-state index contributed by atoms with van der Waals surface area (Å²) in [6.45, 7) is 1.41. The second-order valence-corrected chi connectivity index (χ2v) is 8.43. The van der Waals surface area contributed by atoms with Gasteiger partial charge in [0.15, 0.2) is 6.61 Å². The molecular weight excluding hydrogens is 503 g/mol. The smallest absolute Gasteiger partial charge is 0.422 e. The lowest BCUT2D eigenvalue weighted by Gasteiger charge is -2.13. The van der Waals surface area contributed by atoms with Crippen molar-refractivity contribution >= 4 is 23.5 Å². The molecule has 4 aliphatic rings. The largest absolute Gasteiger partial charge is 0.494 e. The molecule has 0 aliphatic carbocycles. The molecule has 4 N–H and O–H groups in total. The topological polar surface area (TPSA) is 122 Å². The molecule has 0 spiro atoms. The molecule has 2 aromatic carbocycles. The molecular formula is C25H28F3N7O3. The summed E-state index contributed by atoms with van der Waals surface area (Å²) >= 11 is 0. The summed E-state index contributed by atoms with van der Waals surface area (Å²) in [5.41, 5.74) is 1.87. The fourth-order valence-corrected chi connectivity index (χ4v) is 3.45. The van der Waals surface area contributed by atoms with Crippen LogP contribution < -0.4 is 30.7 Å². The number of carbonyl (C=O) groups excluding carboxylic acids is 1. The molecule has 1 aromatic heterocycles. The third-order valence-electron chi connectivity index (χ3n) is 5.34. The normalized spacial score (nSPS) is 15.4. The first-order chi connectivity index (χ1) is 18.3. The minimum atomic E-state index is -4.55. The summed E-state index contributed by atoms with van der Waals surface area (Å²) in [6.07, 6.45) is -2.94. The molecule has 0 saturated carbocycles. The predicted octanol–water partition coefficient (Wildman–Crippen LogP) is 3.66. The highest BCUT2D eigenvalue weighted by atomic mass is 19.4. The third kappa shape index (κ3) is 8.76. The van der Waals surface area contributed by atoms with Gasteiger partial charge in [0.1, 0.15) is 5.75 Å². The van der Waals surface area contributed by atoms with E-state index < -0.39 is 18.8 Å². The van der Waals surface area contributed by atoms with Crippen molar-refractivity contribution in [3.8, 4) is 11.8 Å². The summed E-state index contributed by atoms with van der Waals surface area (Å²) in [7, 11) is 0. The first-order valence-corrected chi connectivity index (χ1v) is 12.1. The van der Waals surface area contributed by atoms with Gasteiger partial charge in [-0.1, -0.05) is 12.1 Å². The van der Waals surface area contributed by atoms with Gasteiger partial charge in [-0.2, -0.15) is 28.1 Å². The zero-order valence-corrected chi connectivity index (χ0v) is 20.5. The molecule has 3 aromatic rings. The second-order valence-electron chi connectivity index (χ2n) is 8.43.